The predicted octanol–water partition coefficient (Wildman–Crippen LogP) is 2.51. The fourth-order valence-corrected chi connectivity index (χ4v) is 5.36. The Morgan fingerprint density at radius 3 is 2.26 bits per heavy atom. The predicted molar refractivity (Wildman–Crippen MR) is 124 cm³/mol. The van der Waals surface area contributed by atoms with E-state index in [1.807, 2.05) is 33.0 Å². The van der Waals surface area contributed by atoms with Gasteiger partial charge in [0.25, 0.3) is 0 Å². The molecule has 7 nitrogen and oxygen atoms in total. The minimum absolute atomic E-state index is 0.00781. The van der Waals surface area contributed by atoms with Crippen molar-refractivity contribution in [3.05, 3.63) is 23.3 Å². The summed E-state index contributed by atoms with van der Waals surface area (Å²) in [5.41, 5.74) is 7.62. The fraction of sp³-hybridized carbons (Fsp3) is 0.696. The van der Waals surface area contributed by atoms with Gasteiger partial charge in [0.15, 0.2) is 0 Å². The summed E-state index contributed by atoms with van der Waals surface area (Å²) in [5, 5.41) is 0. The van der Waals surface area contributed by atoms with Crippen molar-refractivity contribution >= 4 is 16.9 Å². The number of nitrogens with two attached hydrogens (primary N) is 1. The second kappa shape index (κ2) is 12.5. The molecule has 0 heterocycles. The van der Waals surface area contributed by atoms with Gasteiger partial charge >= 0.3 is 0 Å². The van der Waals surface area contributed by atoms with Gasteiger partial charge in [0.2, 0.25) is 5.91 Å². The molecular formula is C23H39N3O4S. The van der Waals surface area contributed by atoms with Crippen LogP contribution in [-0.2, 0) is 20.5 Å². The Morgan fingerprint density at radius 1 is 1.13 bits per heavy atom. The first-order valence-corrected chi connectivity index (χ1v) is 12.2. The molecule has 1 amide bonds. The van der Waals surface area contributed by atoms with Crippen LogP contribution in [0.4, 0.5) is 0 Å². The topological polar surface area (TPSA) is 85.1 Å². The van der Waals surface area contributed by atoms with E-state index in [1.54, 1.807) is 23.4 Å². The van der Waals surface area contributed by atoms with Crippen LogP contribution in [0.3, 0.4) is 0 Å². The van der Waals surface area contributed by atoms with Crippen molar-refractivity contribution < 1.29 is 18.5 Å². The molecule has 1 saturated carbocycles. The molecule has 1 fully saturated rings. The molecule has 1 aromatic rings. The number of hydrogen-bond donors (Lipinski definition) is 1. The molecule has 0 aromatic heterocycles. The maximum Gasteiger partial charge on any atom is 0.248 e. The Balaban J connectivity index is 1.73. The van der Waals surface area contributed by atoms with E-state index in [4.69, 9.17) is 15.2 Å². The number of rotatable bonds is 11. The highest BCUT2D eigenvalue weighted by Crippen LogP contribution is 2.28. The Bertz CT molecular complexity index is 727. The van der Waals surface area contributed by atoms with Gasteiger partial charge < -0.3 is 20.1 Å². The normalized spacial score (nSPS) is 20.0. The number of ether oxygens (including phenoxy) is 2. The zero-order valence-electron chi connectivity index (χ0n) is 19.7. The number of hydrogen-bond acceptors (Lipinski definition) is 5. The lowest BCUT2D eigenvalue weighted by Crippen LogP contribution is -2.36. The first kappa shape index (κ1) is 25.8. The Hall–Kier alpha value is -1.48. The van der Waals surface area contributed by atoms with E-state index in [0.717, 1.165) is 60.5 Å². The van der Waals surface area contributed by atoms with Gasteiger partial charge in [-0.25, -0.2) is 8.51 Å². The Morgan fingerprint density at radius 2 is 1.71 bits per heavy atom. The second-order valence-corrected chi connectivity index (χ2v) is 10.2. The molecule has 8 heteroatoms. The molecule has 176 valence electrons. The summed E-state index contributed by atoms with van der Waals surface area (Å²) < 4.78 is 25.6. The van der Waals surface area contributed by atoms with E-state index in [1.165, 1.54) is 0 Å². The summed E-state index contributed by atoms with van der Waals surface area (Å²) in [6.07, 6.45) is 4.61. The third-order valence-electron chi connectivity index (χ3n) is 6.16. The molecule has 1 unspecified atom stereocenters. The van der Waals surface area contributed by atoms with Gasteiger partial charge in [-0.15, -0.1) is 0 Å². The second-order valence-electron chi connectivity index (χ2n) is 8.64. The van der Waals surface area contributed by atoms with Crippen molar-refractivity contribution in [2.45, 2.75) is 44.4 Å². The van der Waals surface area contributed by atoms with E-state index in [0.29, 0.717) is 25.0 Å². The van der Waals surface area contributed by atoms with E-state index < -0.39 is 11.0 Å². The summed E-state index contributed by atoms with van der Waals surface area (Å²) in [6.45, 7) is 6.28. The van der Waals surface area contributed by atoms with Gasteiger partial charge in [-0.2, -0.15) is 0 Å². The van der Waals surface area contributed by atoms with Crippen LogP contribution in [0.1, 0.15) is 36.8 Å². The number of carbonyl (C=O) groups is 1. The summed E-state index contributed by atoms with van der Waals surface area (Å²) >= 11 is 0. The van der Waals surface area contributed by atoms with Crippen molar-refractivity contribution in [1.29, 1.82) is 0 Å². The fourth-order valence-electron chi connectivity index (χ4n) is 4.14. The third kappa shape index (κ3) is 7.56. The Kier molecular flexibility index (Phi) is 10.4. The number of likely N-dealkylation sites (N-methyl/N-ethyl adjacent to an activating group) is 2. The average Bonchev–Trinajstić information content (AvgIpc) is 2.76. The minimum Gasteiger partial charge on any atom is -0.497 e. The molecule has 31 heavy (non-hydrogen) atoms. The maximum atomic E-state index is 12.9. The number of methoxy groups -OCH3 is 1. The average molecular weight is 454 g/mol. The largest absolute Gasteiger partial charge is 0.497 e. The molecule has 1 atom stereocenters. The molecule has 2 N–H and O–H groups in total. The molecule has 0 aliphatic heterocycles. The van der Waals surface area contributed by atoms with E-state index in [2.05, 4.69) is 0 Å². The summed E-state index contributed by atoms with van der Waals surface area (Å²) in [6, 6.07) is 3.78. The molecular weight excluding hydrogens is 414 g/mol. The minimum atomic E-state index is -1.30. The van der Waals surface area contributed by atoms with Crippen LogP contribution >= 0.6 is 0 Å². The molecule has 0 spiro atoms. The van der Waals surface area contributed by atoms with E-state index in [-0.39, 0.29) is 12.5 Å². The van der Waals surface area contributed by atoms with E-state index in [9.17, 15) is 9.00 Å². The first-order chi connectivity index (χ1) is 14.8. The van der Waals surface area contributed by atoms with Gasteiger partial charge in [-0.3, -0.25) is 4.79 Å². The highest BCUT2D eigenvalue weighted by atomic mass is 32.2. The van der Waals surface area contributed by atoms with Crippen LogP contribution < -0.4 is 10.5 Å². The Labute approximate surface area is 189 Å². The van der Waals surface area contributed by atoms with Crippen molar-refractivity contribution in [2.75, 3.05) is 54.1 Å². The number of nitrogens with zero attached hydrogens (tertiary/aromatic N) is 2. The molecule has 0 bridgehead atoms. The van der Waals surface area contributed by atoms with Gasteiger partial charge in [0.1, 0.15) is 23.3 Å². The summed E-state index contributed by atoms with van der Waals surface area (Å²) in [7, 11) is 3.97. The first-order valence-electron chi connectivity index (χ1n) is 11.1. The van der Waals surface area contributed by atoms with Crippen LogP contribution in [0.5, 0.6) is 5.75 Å². The number of carbonyl (C=O) groups excluding carboxylic acids is 1. The highest BCUT2D eigenvalue weighted by molar-refractivity contribution is 7.82. The third-order valence-corrected chi connectivity index (χ3v) is 7.90. The zero-order valence-corrected chi connectivity index (χ0v) is 20.5. The smallest absolute Gasteiger partial charge is 0.248 e. The van der Waals surface area contributed by atoms with Crippen LogP contribution in [0.2, 0.25) is 0 Å². The van der Waals surface area contributed by atoms with Gasteiger partial charge in [-0.1, -0.05) is 0 Å². The van der Waals surface area contributed by atoms with Crippen LogP contribution in [0.15, 0.2) is 17.0 Å². The number of aryl methyl sites for hydroxylation is 2. The van der Waals surface area contributed by atoms with Crippen molar-refractivity contribution in [1.82, 2.24) is 9.21 Å². The molecule has 1 aliphatic rings. The molecule has 1 aliphatic carbocycles. The standard InChI is InChI=1S/C23H39N3O4S/c1-17-12-21(29-5)13-18(2)23(17)31(28)26(4)10-11-30-16-22(27)25(3)15-20-8-6-19(14-24)7-9-20/h12-13,19-20H,6-11,14-16,24H2,1-5H3. The molecule has 0 saturated heterocycles. The maximum absolute atomic E-state index is 12.9. The lowest BCUT2D eigenvalue weighted by molar-refractivity contribution is -0.135. The quantitative estimate of drug-likeness (QED) is 0.521. The van der Waals surface area contributed by atoms with Crippen LogP contribution in [0.25, 0.3) is 0 Å². The van der Waals surface area contributed by atoms with Crippen molar-refractivity contribution in [2.24, 2.45) is 17.6 Å². The summed E-state index contributed by atoms with van der Waals surface area (Å²) in [5.74, 6) is 1.96. The summed E-state index contributed by atoms with van der Waals surface area (Å²) in [4.78, 5) is 15.0. The zero-order chi connectivity index (χ0) is 23.0. The van der Waals surface area contributed by atoms with E-state index >= 15 is 0 Å². The van der Waals surface area contributed by atoms with Gasteiger partial charge in [0, 0.05) is 27.2 Å². The molecule has 0 radical (unpaired) electrons. The lowest BCUT2D eigenvalue weighted by Gasteiger charge is -2.30. The van der Waals surface area contributed by atoms with Crippen molar-refractivity contribution in [3.63, 3.8) is 0 Å². The monoisotopic (exact) mass is 453 g/mol. The van der Waals surface area contributed by atoms with Gasteiger partial charge in [-0.05, 0) is 81.2 Å². The highest BCUT2D eigenvalue weighted by Gasteiger charge is 2.23. The molecule has 1 aromatic carbocycles. The van der Waals surface area contributed by atoms with Crippen molar-refractivity contribution in [3.8, 4) is 5.75 Å². The van der Waals surface area contributed by atoms with Crippen LogP contribution in [-0.4, -0.2) is 73.4 Å². The SMILES string of the molecule is COc1cc(C)c(S(=O)N(C)CCOCC(=O)N(C)CC2CCC(CN)CC2)c(C)c1. The van der Waals surface area contributed by atoms with Crippen LogP contribution in [0, 0.1) is 25.7 Å². The number of benzene rings is 1. The van der Waals surface area contributed by atoms with Gasteiger partial charge in [0.05, 0.1) is 18.6 Å². The number of amides is 1. The molecule has 2 rings (SSSR count). The lowest BCUT2D eigenvalue weighted by atomic mass is 9.82.